The van der Waals surface area contributed by atoms with Gasteiger partial charge in [0.2, 0.25) is 0 Å². The summed E-state index contributed by atoms with van der Waals surface area (Å²) in [6, 6.07) is 0. The van der Waals surface area contributed by atoms with Gasteiger partial charge in [-0.05, 0) is 18.8 Å². The average molecular weight is 229 g/mol. The Labute approximate surface area is 95.4 Å². The summed E-state index contributed by atoms with van der Waals surface area (Å²) in [5.41, 5.74) is 0. The molecule has 1 fully saturated rings. The topological polar surface area (TPSA) is 66.8 Å². The zero-order valence-electron chi connectivity index (χ0n) is 9.81. The van der Waals surface area contributed by atoms with Gasteiger partial charge in [0.1, 0.15) is 12.6 Å². The van der Waals surface area contributed by atoms with Gasteiger partial charge in [-0.15, -0.1) is 0 Å². The number of carbonyl (C=O) groups is 2. The Morgan fingerprint density at radius 1 is 1.50 bits per heavy atom. The molecular formula is C11H19NO4. The minimum absolute atomic E-state index is 0.186. The van der Waals surface area contributed by atoms with Crippen LogP contribution >= 0.6 is 0 Å². The molecule has 1 N–H and O–H groups in total. The second-order valence-corrected chi connectivity index (χ2v) is 4.51. The van der Waals surface area contributed by atoms with Gasteiger partial charge in [0.05, 0.1) is 0 Å². The molecule has 0 aromatic carbocycles. The van der Waals surface area contributed by atoms with Crippen molar-refractivity contribution in [3.63, 3.8) is 0 Å². The van der Waals surface area contributed by atoms with Crippen molar-refractivity contribution < 1.29 is 19.4 Å². The van der Waals surface area contributed by atoms with Crippen LogP contribution in [0.1, 0.15) is 26.7 Å². The quantitative estimate of drug-likeness (QED) is 0.755. The van der Waals surface area contributed by atoms with Crippen LogP contribution in [0.4, 0.5) is 0 Å². The largest absolute Gasteiger partial charge is 0.480 e. The van der Waals surface area contributed by atoms with Crippen molar-refractivity contribution in [2.75, 3.05) is 19.7 Å². The first kappa shape index (κ1) is 13.0. The van der Waals surface area contributed by atoms with Gasteiger partial charge in [-0.2, -0.15) is 0 Å². The standard InChI is InChI=1S/C11H19NO4/c1-8(2)6-12(7-10(13)14)11(15)9-4-3-5-16-9/h8-9H,3-7H2,1-2H3,(H,13,14)/t9-/m0/s1. The fourth-order valence-corrected chi connectivity index (χ4v) is 1.81. The third-order valence-corrected chi connectivity index (χ3v) is 2.43. The number of carbonyl (C=O) groups excluding carboxylic acids is 1. The third kappa shape index (κ3) is 3.81. The summed E-state index contributed by atoms with van der Waals surface area (Å²) in [4.78, 5) is 24.0. The fraction of sp³-hybridized carbons (Fsp3) is 0.818. The maximum atomic E-state index is 12.0. The highest BCUT2D eigenvalue weighted by atomic mass is 16.5. The number of amides is 1. The Kier molecular flexibility index (Phi) is 4.73. The molecule has 1 rings (SSSR count). The van der Waals surface area contributed by atoms with Crippen molar-refractivity contribution in [3.8, 4) is 0 Å². The Balaban J connectivity index is 2.58. The molecule has 0 bridgehead atoms. The number of aliphatic carboxylic acids is 1. The molecule has 5 nitrogen and oxygen atoms in total. The van der Waals surface area contributed by atoms with E-state index in [-0.39, 0.29) is 18.4 Å². The van der Waals surface area contributed by atoms with E-state index in [1.807, 2.05) is 13.8 Å². The molecule has 0 spiro atoms. The summed E-state index contributed by atoms with van der Waals surface area (Å²) in [6.07, 6.45) is 1.14. The molecule has 1 amide bonds. The highest BCUT2D eigenvalue weighted by Gasteiger charge is 2.29. The van der Waals surface area contributed by atoms with E-state index in [0.29, 0.717) is 19.6 Å². The fourth-order valence-electron chi connectivity index (χ4n) is 1.81. The number of hydrogen-bond acceptors (Lipinski definition) is 3. The van der Waals surface area contributed by atoms with Crippen molar-refractivity contribution in [1.29, 1.82) is 0 Å². The van der Waals surface area contributed by atoms with Crippen LogP contribution in [0.3, 0.4) is 0 Å². The van der Waals surface area contributed by atoms with Gasteiger partial charge in [0.15, 0.2) is 0 Å². The Bertz CT molecular complexity index is 259. The van der Waals surface area contributed by atoms with E-state index < -0.39 is 12.1 Å². The molecule has 1 aliphatic heterocycles. The molecule has 0 saturated carbocycles. The van der Waals surface area contributed by atoms with Crippen LogP contribution in [-0.4, -0.2) is 47.7 Å². The normalized spacial score (nSPS) is 20.1. The number of rotatable bonds is 5. The van der Waals surface area contributed by atoms with E-state index in [1.165, 1.54) is 4.90 Å². The lowest BCUT2D eigenvalue weighted by molar-refractivity contribution is -0.149. The maximum absolute atomic E-state index is 12.0. The second kappa shape index (κ2) is 5.84. The van der Waals surface area contributed by atoms with Crippen LogP contribution in [0.15, 0.2) is 0 Å². The minimum Gasteiger partial charge on any atom is -0.480 e. The number of nitrogens with zero attached hydrogens (tertiary/aromatic N) is 1. The molecule has 0 aliphatic carbocycles. The lowest BCUT2D eigenvalue weighted by Crippen LogP contribution is -2.43. The van der Waals surface area contributed by atoms with E-state index >= 15 is 0 Å². The summed E-state index contributed by atoms with van der Waals surface area (Å²) in [5.74, 6) is -0.912. The van der Waals surface area contributed by atoms with Gasteiger partial charge in [-0.25, -0.2) is 0 Å². The number of ether oxygens (including phenoxy) is 1. The Morgan fingerprint density at radius 3 is 2.62 bits per heavy atom. The van der Waals surface area contributed by atoms with Crippen LogP contribution in [-0.2, 0) is 14.3 Å². The van der Waals surface area contributed by atoms with Crippen LogP contribution in [0.2, 0.25) is 0 Å². The highest BCUT2D eigenvalue weighted by molar-refractivity contribution is 5.84. The summed E-state index contributed by atoms with van der Waals surface area (Å²) in [7, 11) is 0. The van der Waals surface area contributed by atoms with E-state index in [4.69, 9.17) is 9.84 Å². The Hall–Kier alpha value is -1.10. The van der Waals surface area contributed by atoms with Crippen molar-refractivity contribution in [3.05, 3.63) is 0 Å². The van der Waals surface area contributed by atoms with Gasteiger partial charge in [0.25, 0.3) is 5.91 Å². The molecular weight excluding hydrogens is 210 g/mol. The first-order valence-electron chi connectivity index (χ1n) is 5.63. The molecule has 0 aromatic rings. The predicted octanol–water partition coefficient (Wildman–Crippen LogP) is 0.735. The van der Waals surface area contributed by atoms with Crippen LogP contribution in [0, 0.1) is 5.92 Å². The summed E-state index contributed by atoms with van der Waals surface area (Å²) in [6.45, 7) is 4.73. The van der Waals surface area contributed by atoms with E-state index in [0.717, 1.165) is 6.42 Å². The molecule has 92 valence electrons. The molecule has 5 heteroatoms. The molecule has 0 aromatic heterocycles. The van der Waals surface area contributed by atoms with Gasteiger partial charge < -0.3 is 14.7 Å². The van der Waals surface area contributed by atoms with Gasteiger partial charge in [-0.3, -0.25) is 9.59 Å². The molecule has 0 radical (unpaired) electrons. The van der Waals surface area contributed by atoms with E-state index in [1.54, 1.807) is 0 Å². The predicted molar refractivity (Wildman–Crippen MR) is 58.0 cm³/mol. The smallest absolute Gasteiger partial charge is 0.323 e. The molecule has 0 unspecified atom stereocenters. The summed E-state index contributed by atoms with van der Waals surface area (Å²) >= 11 is 0. The van der Waals surface area contributed by atoms with Crippen molar-refractivity contribution in [1.82, 2.24) is 4.90 Å². The highest BCUT2D eigenvalue weighted by Crippen LogP contribution is 2.15. The number of carboxylic acid groups (broad SMARTS) is 1. The zero-order valence-corrected chi connectivity index (χ0v) is 9.81. The first-order valence-corrected chi connectivity index (χ1v) is 5.63. The molecule has 1 atom stereocenters. The van der Waals surface area contributed by atoms with E-state index in [2.05, 4.69) is 0 Å². The summed E-state index contributed by atoms with van der Waals surface area (Å²) in [5, 5.41) is 8.75. The maximum Gasteiger partial charge on any atom is 0.323 e. The van der Waals surface area contributed by atoms with Crippen molar-refractivity contribution >= 4 is 11.9 Å². The van der Waals surface area contributed by atoms with Crippen LogP contribution in [0.5, 0.6) is 0 Å². The molecule has 16 heavy (non-hydrogen) atoms. The first-order chi connectivity index (χ1) is 7.50. The summed E-state index contributed by atoms with van der Waals surface area (Å²) < 4.78 is 5.27. The zero-order chi connectivity index (χ0) is 12.1. The van der Waals surface area contributed by atoms with Crippen LogP contribution < -0.4 is 0 Å². The van der Waals surface area contributed by atoms with E-state index in [9.17, 15) is 9.59 Å². The Morgan fingerprint density at radius 2 is 2.19 bits per heavy atom. The second-order valence-electron chi connectivity index (χ2n) is 4.51. The molecule has 1 heterocycles. The van der Waals surface area contributed by atoms with Crippen LogP contribution in [0.25, 0.3) is 0 Å². The lowest BCUT2D eigenvalue weighted by Gasteiger charge is -2.25. The van der Waals surface area contributed by atoms with Gasteiger partial charge in [-0.1, -0.05) is 13.8 Å². The lowest BCUT2D eigenvalue weighted by atomic mass is 10.1. The van der Waals surface area contributed by atoms with Gasteiger partial charge in [0, 0.05) is 13.2 Å². The minimum atomic E-state index is -0.980. The number of hydrogen-bond donors (Lipinski definition) is 1. The van der Waals surface area contributed by atoms with Crippen molar-refractivity contribution in [2.24, 2.45) is 5.92 Å². The molecule has 1 aliphatic rings. The third-order valence-electron chi connectivity index (χ3n) is 2.43. The monoisotopic (exact) mass is 229 g/mol. The SMILES string of the molecule is CC(C)CN(CC(=O)O)C(=O)[C@@H]1CCCO1. The van der Waals surface area contributed by atoms with Crippen molar-refractivity contribution in [2.45, 2.75) is 32.8 Å². The van der Waals surface area contributed by atoms with Gasteiger partial charge >= 0.3 is 5.97 Å². The average Bonchev–Trinajstić information content (AvgIpc) is 2.66. The molecule has 1 saturated heterocycles. The number of carboxylic acids is 1.